The molecule has 0 aliphatic heterocycles. The van der Waals surface area contributed by atoms with Gasteiger partial charge in [-0.3, -0.25) is 0 Å². The zero-order valence-electron chi connectivity index (χ0n) is 14.2. The second-order valence-corrected chi connectivity index (χ2v) is 6.61. The summed E-state index contributed by atoms with van der Waals surface area (Å²) in [6.07, 6.45) is 0. The lowest BCUT2D eigenvalue weighted by Gasteiger charge is -2.19. The van der Waals surface area contributed by atoms with Crippen molar-refractivity contribution in [1.29, 1.82) is 0 Å². The number of hydrogen-bond donors (Lipinski definition) is 1. The van der Waals surface area contributed by atoms with Gasteiger partial charge in [-0.25, -0.2) is 15.4 Å². The number of anilines is 1. The first-order valence-electron chi connectivity index (χ1n) is 7.49. The van der Waals surface area contributed by atoms with Gasteiger partial charge in [0.2, 0.25) is 5.95 Å². The summed E-state index contributed by atoms with van der Waals surface area (Å²) in [5.41, 5.74) is 8.26. The molecule has 0 radical (unpaired) electrons. The van der Waals surface area contributed by atoms with E-state index in [2.05, 4.69) is 65.5 Å². The Labute approximate surface area is 132 Å². The summed E-state index contributed by atoms with van der Waals surface area (Å²) in [6.45, 7) is 12.5. The average molecular weight is 296 g/mol. The molecule has 4 nitrogen and oxygen atoms in total. The maximum atomic E-state index is 4.38. The maximum absolute atomic E-state index is 4.38. The van der Waals surface area contributed by atoms with E-state index in [1.807, 2.05) is 26.8 Å². The SMILES string of the molecule is CC(=NNc1nc(C)cc(C)n1)c1ccc(C(C)(C)C)cc1. The number of rotatable bonds is 3. The first-order valence-corrected chi connectivity index (χ1v) is 7.49. The molecule has 0 saturated heterocycles. The van der Waals surface area contributed by atoms with Crippen LogP contribution in [0.1, 0.15) is 50.2 Å². The summed E-state index contributed by atoms with van der Waals surface area (Å²) in [7, 11) is 0. The van der Waals surface area contributed by atoms with Gasteiger partial charge in [0.25, 0.3) is 0 Å². The molecule has 0 unspecified atom stereocenters. The largest absolute Gasteiger partial charge is 0.245 e. The molecule has 0 amide bonds. The molecule has 1 N–H and O–H groups in total. The lowest BCUT2D eigenvalue weighted by atomic mass is 9.86. The Hall–Kier alpha value is -2.23. The Balaban J connectivity index is 2.15. The fraction of sp³-hybridized carbons (Fsp3) is 0.389. The number of hydrazone groups is 1. The highest BCUT2D eigenvalue weighted by atomic mass is 15.4. The fourth-order valence-electron chi connectivity index (χ4n) is 2.19. The summed E-state index contributed by atoms with van der Waals surface area (Å²) >= 11 is 0. The van der Waals surface area contributed by atoms with Crippen LogP contribution in [0.5, 0.6) is 0 Å². The molecule has 4 heteroatoms. The van der Waals surface area contributed by atoms with Crippen molar-refractivity contribution < 1.29 is 0 Å². The predicted octanol–water partition coefficient (Wildman–Crippen LogP) is 4.23. The molecule has 116 valence electrons. The monoisotopic (exact) mass is 296 g/mol. The highest BCUT2D eigenvalue weighted by molar-refractivity contribution is 5.99. The summed E-state index contributed by atoms with van der Waals surface area (Å²) in [5.74, 6) is 0.531. The molecule has 0 aliphatic rings. The normalized spacial score (nSPS) is 12.4. The van der Waals surface area contributed by atoms with E-state index in [0.717, 1.165) is 22.7 Å². The minimum absolute atomic E-state index is 0.161. The van der Waals surface area contributed by atoms with E-state index in [-0.39, 0.29) is 5.41 Å². The number of nitrogens with zero attached hydrogens (tertiary/aromatic N) is 3. The molecule has 22 heavy (non-hydrogen) atoms. The molecule has 2 aromatic rings. The van der Waals surface area contributed by atoms with Crippen LogP contribution in [-0.2, 0) is 5.41 Å². The van der Waals surface area contributed by atoms with E-state index in [4.69, 9.17) is 0 Å². The van der Waals surface area contributed by atoms with Crippen LogP contribution in [0.15, 0.2) is 35.4 Å². The minimum Gasteiger partial charge on any atom is -0.245 e. The summed E-state index contributed by atoms with van der Waals surface area (Å²) in [6, 6.07) is 10.4. The molecule has 0 bridgehead atoms. The quantitative estimate of drug-likeness (QED) is 0.681. The summed E-state index contributed by atoms with van der Waals surface area (Å²) < 4.78 is 0. The van der Waals surface area contributed by atoms with Crippen LogP contribution in [0.4, 0.5) is 5.95 Å². The number of hydrogen-bond acceptors (Lipinski definition) is 4. The molecule has 1 heterocycles. The van der Waals surface area contributed by atoms with Gasteiger partial charge in [-0.1, -0.05) is 45.0 Å². The van der Waals surface area contributed by atoms with Crippen LogP contribution in [0, 0.1) is 13.8 Å². The van der Waals surface area contributed by atoms with Gasteiger partial charge in [0.1, 0.15) is 0 Å². The van der Waals surface area contributed by atoms with Gasteiger partial charge in [0.05, 0.1) is 5.71 Å². The standard InChI is InChI=1S/C18H24N4/c1-12-11-13(2)20-17(19-12)22-21-14(3)15-7-9-16(10-8-15)18(4,5)6/h7-11H,1-6H3,(H,19,20,22). The third-order valence-electron chi connectivity index (χ3n) is 3.47. The van der Waals surface area contributed by atoms with E-state index in [1.165, 1.54) is 5.56 Å². The van der Waals surface area contributed by atoms with Gasteiger partial charge < -0.3 is 0 Å². The first kappa shape index (κ1) is 16.1. The van der Waals surface area contributed by atoms with E-state index in [9.17, 15) is 0 Å². The van der Waals surface area contributed by atoms with Gasteiger partial charge in [-0.05, 0) is 43.4 Å². The summed E-state index contributed by atoms with van der Waals surface area (Å²) in [5, 5.41) is 4.38. The van der Waals surface area contributed by atoms with Crippen molar-refractivity contribution in [2.24, 2.45) is 5.10 Å². The molecule has 0 atom stereocenters. The Bertz CT molecular complexity index is 659. The van der Waals surface area contributed by atoms with Gasteiger partial charge in [0.15, 0.2) is 0 Å². The number of aromatic nitrogens is 2. The zero-order valence-corrected chi connectivity index (χ0v) is 14.2. The van der Waals surface area contributed by atoms with Crippen molar-refractivity contribution in [3.63, 3.8) is 0 Å². The van der Waals surface area contributed by atoms with Crippen molar-refractivity contribution >= 4 is 11.7 Å². The van der Waals surface area contributed by atoms with Crippen molar-refractivity contribution in [2.45, 2.75) is 47.0 Å². The van der Waals surface area contributed by atoms with Crippen LogP contribution in [0.3, 0.4) is 0 Å². The van der Waals surface area contributed by atoms with Crippen LogP contribution < -0.4 is 5.43 Å². The van der Waals surface area contributed by atoms with E-state index in [1.54, 1.807) is 0 Å². The lowest BCUT2D eigenvalue weighted by Crippen LogP contribution is -2.11. The second-order valence-electron chi connectivity index (χ2n) is 6.61. The number of nitrogens with one attached hydrogen (secondary N) is 1. The molecule has 2 rings (SSSR count). The molecular formula is C18H24N4. The van der Waals surface area contributed by atoms with Gasteiger partial charge in [-0.15, -0.1) is 0 Å². The zero-order chi connectivity index (χ0) is 16.3. The maximum Gasteiger partial charge on any atom is 0.243 e. The van der Waals surface area contributed by atoms with E-state index in [0.29, 0.717) is 5.95 Å². The Morgan fingerprint density at radius 2 is 1.55 bits per heavy atom. The Morgan fingerprint density at radius 3 is 2.05 bits per heavy atom. The van der Waals surface area contributed by atoms with Crippen molar-refractivity contribution in [3.05, 3.63) is 52.8 Å². The van der Waals surface area contributed by atoms with Gasteiger partial charge in [0, 0.05) is 11.4 Å². The predicted molar refractivity (Wildman–Crippen MR) is 92.5 cm³/mol. The second kappa shape index (κ2) is 6.26. The molecular weight excluding hydrogens is 272 g/mol. The molecule has 0 aliphatic carbocycles. The van der Waals surface area contributed by atoms with Gasteiger partial charge >= 0.3 is 0 Å². The number of benzene rings is 1. The van der Waals surface area contributed by atoms with Crippen LogP contribution in [-0.4, -0.2) is 15.7 Å². The number of aryl methyl sites for hydroxylation is 2. The molecule has 0 saturated carbocycles. The topological polar surface area (TPSA) is 50.2 Å². The van der Waals surface area contributed by atoms with Crippen molar-refractivity contribution in [2.75, 3.05) is 5.43 Å². The van der Waals surface area contributed by atoms with Crippen LogP contribution >= 0.6 is 0 Å². The van der Waals surface area contributed by atoms with Crippen molar-refractivity contribution in [1.82, 2.24) is 9.97 Å². The lowest BCUT2D eigenvalue weighted by molar-refractivity contribution is 0.590. The van der Waals surface area contributed by atoms with Crippen LogP contribution in [0.25, 0.3) is 0 Å². The van der Waals surface area contributed by atoms with E-state index < -0.39 is 0 Å². The Kier molecular flexibility index (Phi) is 4.59. The highest BCUT2D eigenvalue weighted by Crippen LogP contribution is 2.22. The summed E-state index contributed by atoms with van der Waals surface area (Å²) in [4.78, 5) is 8.63. The van der Waals surface area contributed by atoms with Gasteiger partial charge in [-0.2, -0.15) is 5.10 Å². The first-order chi connectivity index (χ1) is 10.3. The third-order valence-corrected chi connectivity index (χ3v) is 3.47. The minimum atomic E-state index is 0.161. The fourth-order valence-corrected chi connectivity index (χ4v) is 2.19. The molecule has 1 aromatic heterocycles. The highest BCUT2D eigenvalue weighted by Gasteiger charge is 2.13. The van der Waals surface area contributed by atoms with E-state index >= 15 is 0 Å². The van der Waals surface area contributed by atoms with Crippen molar-refractivity contribution in [3.8, 4) is 0 Å². The molecule has 1 aromatic carbocycles. The molecule has 0 fully saturated rings. The third kappa shape index (κ3) is 4.13. The molecule has 0 spiro atoms. The smallest absolute Gasteiger partial charge is 0.243 e. The average Bonchev–Trinajstić information content (AvgIpc) is 2.43. The van der Waals surface area contributed by atoms with Crippen LogP contribution in [0.2, 0.25) is 0 Å². The Morgan fingerprint density at radius 1 is 1.00 bits per heavy atom.